The number of hydrogen-bond donors (Lipinski definition) is 0. The van der Waals surface area contributed by atoms with E-state index in [9.17, 15) is 4.79 Å². The van der Waals surface area contributed by atoms with Crippen LogP contribution in [0, 0.1) is 6.92 Å². The number of pyridine rings is 2. The normalized spacial score (nSPS) is 10.7. The Kier molecular flexibility index (Phi) is 2.41. The molecule has 3 aromatic heterocycles. The van der Waals surface area contributed by atoms with Crippen molar-refractivity contribution in [1.29, 1.82) is 0 Å². The predicted octanol–water partition coefficient (Wildman–Crippen LogP) is 2.52. The van der Waals surface area contributed by atoms with Crippen molar-refractivity contribution in [2.75, 3.05) is 0 Å². The third-order valence-corrected chi connectivity index (χ3v) is 2.93. The molecule has 0 amide bonds. The quantitative estimate of drug-likeness (QED) is 0.643. The van der Waals surface area contributed by atoms with E-state index in [1.807, 2.05) is 35.7 Å². The van der Waals surface area contributed by atoms with E-state index in [0.29, 0.717) is 5.69 Å². The zero-order chi connectivity index (χ0) is 12.5. The molecule has 3 rings (SSSR count). The van der Waals surface area contributed by atoms with Crippen LogP contribution < -0.4 is 0 Å². The second kappa shape index (κ2) is 4.07. The molecule has 0 unspecified atom stereocenters. The van der Waals surface area contributed by atoms with Gasteiger partial charge in [0.1, 0.15) is 11.3 Å². The van der Waals surface area contributed by atoms with Crippen molar-refractivity contribution in [1.82, 2.24) is 14.4 Å². The fraction of sp³-hybridized carbons (Fsp3) is 0.0714. The maximum atomic E-state index is 11.0. The zero-order valence-electron chi connectivity index (χ0n) is 9.87. The van der Waals surface area contributed by atoms with Crippen LogP contribution in [0.3, 0.4) is 0 Å². The maximum Gasteiger partial charge on any atom is 0.168 e. The highest BCUT2D eigenvalue weighted by Gasteiger charge is 2.07. The summed E-state index contributed by atoms with van der Waals surface area (Å²) in [7, 11) is 0. The Balaban J connectivity index is 2.29. The number of aryl methyl sites for hydroxylation is 1. The second-order valence-electron chi connectivity index (χ2n) is 4.15. The summed E-state index contributed by atoms with van der Waals surface area (Å²) in [5, 5.41) is 0. The summed E-state index contributed by atoms with van der Waals surface area (Å²) in [6, 6.07) is 5.93. The van der Waals surface area contributed by atoms with Crippen LogP contribution >= 0.6 is 0 Å². The number of hydrogen-bond acceptors (Lipinski definition) is 3. The lowest BCUT2D eigenvalue weighted by Gasteiger charge is -2.05. The molecule has 18 heavy (non-hydrogen) atoms. The van der Waals surface area contributed by atoms with Crippen LogP contribution in [0.2, 0.25) is 0 Å². The lowest BCUT2D eigenvalue weighted by atomic mass is 10.1. The number of aldehydes is 1. The van der Waals surface area contributed by atoms with Gasteiger partial charge in [-0.25, -0.2) is 4.98 Å². The molecule has 0 atom stereocenters. The first-order chi connectivity index (χ1) is 8.79. The van der Waals surface area contributed by atoms with Gasteiger partial charge in [-0.15, -0.1) is 0 Å². The molecule has 0 radical (unpaired) electrons. The van der Waals surface area contributed by atoms with Gasteiger partial charge in [0, 0.05) is 29.7 Å². The molecule has 0 aromatic carbocycles. The number of imidazole rings is 1. The number of fused-ring (bicyclic) bond motifs is 1. The van der Waals surface area contributed by atoms with Gasteiger partial charge in [-0.2, -0.15) is 0 Å². The standard InChI is InChI=1S/C14H11N3O/c1-10-5-12(11-3-2-4-15-6-11)8-17-13(9-18)7-16-14(10)17/h2-9H,1H3. The van der Waals surface area contributed by atoms with Gasteiger partial charge in [0.15, 0.2) is 6.29 Å². The smallest absolute Gasteiger partial charge is 0.168 e. The number of rotatable bonds is 2. The maximum absolute atomic E-state index is 11.0. The summed E-state index contributed by atoms with van der Waals surface area (Å²) in [6.45, 7) is 1.98. The molecule has 0 spiro atoms. The zero-order valence-corrected chi connectivity index (χ0v) is 9.87. The molecule has 0 aliphatic heterocycles. The number of nitrogens with zero attached hydrogens (tertiary/aromatic N) is 3. The van der Waals surface area contributed by atoms with E-state index < -0.39 is 0 Å². The van der Waals surface area contributed by atoms with E-state index in [0.717, 1.165) is 28.6 Å². The molecule has 0 bridgehead atoms. The van der Waals surface area contributed by atoms with Crippen molar-refractivity contribution in [3.8, 4) is 11.1 Å². The van der Waals surface area contributed by atoms with E-state index in [4.69, 9.17) is 0 Å². The molecule has 0 fully saturated rings. The predicted molar refractivity (Wildman–Crippen MR) is 68.5 cm³/mol. The average molecular weight is 237 g/mol. The number of aromatic nitrogens is 3. The number of carbonyl (C=O) groups is 1. The first kappa shape index (κ1) is 10.7. The SMILES string of the molecule is Cc1cc(-c2cccnc2)cn2c(C=O)cnc12. The van der Waals surface area contributed by atoms with Gasteiger partial charge in [-0.1, -0.05) is 6.07 Å². The van der Waals surface area contributed by atoms with Crippen LogP contribution in [0.1, 0.15) is 16.1 Å². The summed E-state index contributed by atoms with van der Waals surface area (Å²) in [5.74, 6) is 0. The van der Waals surface area contributed by atoms with Gasteiger partial charge in [-0.05, 0) is 24.6 Å². The Morgan fingerprint density at radius 3 is 2.89 bits per heavy atom. The molecule has 4 nitrogen and oxygen atoms in total. The van der Waals surface area contributed by atoms with Crippen LogP contribution in [-0.4, -0.2) is 20.7 Å². The summed E-state index contributed by atoms with van der Waals surface area (Å²) in [4.78, 5) is 19.3. The molecule has 3 aromatic rings. The Labute approximate surface area is 104 Å². The Hall–Kier alpha value is -2.49. The second-order valence-corrected chi connectivity index (χ2v) is 4.15. The molecule has 88 valence electrons. The summed E-state index contributed by atoms with van der Waals surface area (Å²) in [5.41, 5.74) is 4.44. The lowest BCUT2D eigenvalue weighted by molar-refractivity contribution is 0.111. The Bertz CT molecular complexity index is 716. The van der Waals surface area contributed by atoms with Gasteiger partial charge in [0.2, 0.25) is 0 Å². The highest BCUT2D eigenvalue weighted by atomic mass is 16.1. The van der Waals surface area contributed by atoms with Gasteiger partial charge >= 0.3 is 0 Å². The fourth-order valence-corrected chi connectivity index (χ4v) is 2.05. The molecule has 4 heteroatoms. The number of carbonyl (C=O) groups excluding carboxylic acids is 1. The summed E-state index contributed by atoms with van der Waals surface area (Å²) < 4.78 is 1.81. The molecular formula is C14H11N3O. The molecule has 0 N–H and O–H groups in total. The van der Waals surface area contributed by atoms with E-state index in [2.05, 4.69) is 9.97 Å². The van der Waals surface area contributed by atoms with Crippen LogP contribution in [-0.2, 0) is 0 Å². The van der Waals surface area contributed by atoms with Gasteiger partial charge in [0.25, 0.3) is 0 Å². The average Bonchev–Trinajstić information content (AvgIpc) is 2.83. The molecule has 0 saturated heterocycles. The summed E-state index contributed by atoms with van der Waals surface area (Å²) in [6.07, 6.45) is 7.85. The van der Waals surface area contributed by atoms with Crippen LogP contribution in [0.15, 0.2) is 43.0 Å². The van der Waals surface area contributed by atoms with E-state index in [1.54, 1.807) is 18.6 Å². The first-order valence-electron chi connectivity index (χ1n) is 5.63. The van der Waals surface area contributed by atoms with Crippen molar-refractivity contribution in [2.45, 2.75) is 6.92 Å². The van der Waals surface area contributed by atoms with E-state index >= 15 is 0 Å². The van der Waals surface area contributed by atoms with E-state index in [1.165, 1.54) is 0 Å². The molecule has 0 aliphatic carbocycles. The van der Waals surface area contributed by atoms with Gasteiger partial charge in [0.05, 0.1) is 6.20 Å². The van der Waals surface area contributed by atoms with Gasteiger partial charge < -0.3 is 0 Å². The van der Waals surface area contributed by atoms with Crippen molar-refractivity contribution >= 4 is 11.9 Å². The minimum absolute atomic E-state index is 0.554. The largest absolute Gasteiger partial charge is 0.296 e. The van der Waals surface area contributed by atoms with Crippen molar-refractivity contribution in [2.24, 2.45) is 0 Å². The molecular weight excluding hydrogens is 226 g/mol. The van der Waals surface area contributed by atoms with Crippen molar-refractivity contribution < 1.29 is 4.79 Å². The fourth-order valence-electron chi connectivity index (χ4n) is 2.05. The monoisotopic (exact) mass is 237 g/mol. The van der Waals surface area contributed by atoms with Crippen LogP contribution in [0.4, 0.5) is 0 Å². The van der Waals surface area contributed by atoms with Crippen LogP contribution in [0.5, 0.6) is 0 Å². The van der Waals surface area contributed by atoms with E-state index in [-0.39, 0.29) is 0 Å². The molecule has 3 heterocycles. The van der Waals surface area contributed by atoms with Crippen LogP contribution in [0.25, 0.3) is 16.8 Å². The van der Waals surface area contributed by atoms with Crippen molar-refractivity contribution in [3.63, 3.8) is 0 Å². The third-order valence-electron chi connectivity index (χ3n) is 2.93. The minimum Gasteiger partial charge on any atom is -0.296 e. The molecule has 0 aliphatic rings. The minimum atomic E-state index is 0.554. The Morgan fingerprint density at radius 2 is 2.17 bits per heavy atom. The first-order valence-corrected chi connectivity index (χ1v) is 5.63. The highest BCUT2D eigenvalue weighted by Crippen LogP contribution is 2.22. The summed E-state index contributed by atoms with van der Waals surface area (Å²) >= 11 is 0. The topological polar surface area (TPSA) is 47.3 Å². The van der Waals surface area contributed by atoms with Gasteiger partial charge in [-0.3, -0.25) is 14.2 Å². The van der Waals surface area contributed by atoms with Crippen molar-refractivity contribution in [3.05, 3.63) is 54.2 Å². The highest BCUT2D eigenvalue weighted by molar-refractivity contribution is 5.76. The lowest BCUT2D eigenvalue weighted by Crippen LogP contribution is -1.94. The molecule has 0 saturated carbocycles. The Morgan fingerprint density at radius 1 is 1.28 bits per heavy atom. The third kappa shape index (κ3) is 1.59.